The molecule has 3 rings (SSSR count). The van der Waals surface area contributed by atoms with E-state index in [1.165, 1.54) is 12.1 Å². The Labute approximate surface area is 139 Å². The summed E-state index contributed by atoms with van der Waals surface area (Å²) in [6.07, 6.45) is -4.91. The van der Waals surface area contributed by atoms with Gasteiger partial charge in [-0.25, -0.2) is 10.0 Å². The van der Waals surface area contributed by atoms with Crippen molar-refractivity contribution in [1.82, 2.24) is 5.01 Å². The molecule has 1 aromatic carbocycles. The largest absolute Gasteiger partial charge is 0.431 e. The number of halogens is 5. The number of nitrogens with zero attached hydrogens (tertiary/aromatic N) is 4. The standard InChI is InChI=1S/C13H10Cl2F3N5/c1-12-5-9(13(16,17)18)22-23(12)11(19)21-10(12)20-6-2-3-7(14)8(15)4-6/h2-4H,5H2,1H3,(H2,19,20,21). The zero-order chi connectivity index (χ0) is 17.0. The summed E-state index contributed by atoms with van der Waals surface area (Å²) in [5, 5.41) is 5.22. The van der Waals surface area contributed by atoms with Crippen LogP contribution in [-0.4, -0.2) is 34.2 Å². The lowest BCUT2D eigenvalue weighted by molar-refractivity contribution is -0.0601. The van der Waals surface area contributed by atoms with E-state index in [0.29, 0.717) is 10.7 Å². The summed E-state index contributed by atoms with van der Waals surface area (Å²) in [6.45, 7) is 1.55. The van der Waals surface area contributed by atoms with Crippen LogP contribution in [0.2, 0.25) is 10.0 Å². The number of benzene rings is 1. The molecule has 2 aliphatic heterocycles. The summed E-state index contributed by atoms with van der Waals surface area (Å²) in [7, 11) is 0. The zero-order valence-corrected chi connectivity index (χ0v) is 13.2. The van der Waals surface area contributed by atoms with Crippen LogP contribution in [0.1, 0.15) is 13.3 Å². The number of amidine groups is 1. The first-order chi connectivity index (χ1) is 10.6. The van der Waals surface area contributed by atoms with Crippen molar-refractivity contribution in [3.05, 3.63) is 28.2 Å². The summed E-state index contributed by atoms with van der Waals surface area (Å²) in [4.78, 5) is 8.29. The molecule has 122 valence electrons. The second-order valence-corrected chi connectivity index (χ2v) is 6.13. The van der Waals surface area contributed by atoms with Crippen molar-refractivity contribution in [2.45, 2.75) is 25.1 Å². The van der Waals surface area contributed by atoms with Crippen LogP contribution in [0.15, 0.2) is 33.3 Å². The fourth-order valence-corrected chi connectivity index (χ4v) is 2.69. The molecule has 0 aromatic heterocycles. The topological polar surface area (TPSA) is 66.3 Å². The Morgan fingerprint density at radius 1 is 1.30 bits per heavy atom. The number of hydrogen-bond donors (Lipinski definition) is 1. The van der Waals surface area contributed by atoms with E-state index in [2.05, 4.69) is 15.1 Å². The van der Waals surface area contributed by atoms with Crippen molar-refractivity contribution in [3.63, 3.8) is 0 Å². The van der Waals surface area contributed by atoms with Crippen molar-refractivity contribution < 1.29 is 13.2 Å². The lowest BCUT2D eigenvalue weighted by atomic mass is 9.95. The molecule has 0 saturated heterocycles. The molecule has 0 bridgehead atoms. The molecule has 23 heavy (non-hydrogen) atoms. The van der Waals surface area contributed by atoms with Gasteiger partial charge in [-0.15, -0.1) is 0 Å². The summed E-state index contributed by atoms with van der Waals surface area (Å²) in [5.74, 6) is 0.00181. The summed E-state index contributed by atoms with van der Waals surface area (Å²) >= 11 is 11.7. The van der Waals surface area contributed by atoms with E-state index in [9.17, 15) is 13.2 Å². The molecule has 1 unspecified atom stereocenters. The third-order valence-electron chi connectivity index (χ3n) is 3.58. The first-order valence-electron chi connectivity index (χ1n) is 6.44. The van der Waals surface area contributed by atoms with E-state index in [1.807, 2.05) is 0 Å². The Morgan fingerprint density at radius 3 is 2.61 bits per heavy atom. The third-order valence-corrected chi connectivity index (χ3v) is 4.32. The number of rotatable bonds is 1. The molecule has 2 aliphatic rings. The van der Waals surface area contributed by atoms with E-state index in [-0.39, 0.29) is 23.2 Å². The Balaban J connectivity index is 2.00. The number of nitrogens with two attached hydrogens (primary N) is 1. The normalized spacial score (nSPS) is 25.7. The maximum Gasteiger partial charge on any atom is 0.431 e. The van der Waals surface area contributed by atoms with Crippen LogP contribution < -0.4 is 5.73 Å². The van der Waals surface area contributed by atoms with Gasteiger partial charge in [-0.3, -0.25) is 0 Å². The predicted molar refractivity (Wildman–Crippen MR) is 83.5 cm³/mol. The minimum absolute atomic E-state index is 0.134. The van der Waals surface area contributed by atoms with Gasteiger partial charge in [0.05, 0.1) is 15.7 Å². The van der Waals surface area contributed by atoms with Crippen molar-refractivity contribution in [2.75, 3.05) is 0 Å². The average molecular weight is 364 g/mol. The maximum atomic E-state index is 12.9. The van der Waals surface area contributed by atoms with E-state index < -0.39 is 17.4 Å². The van der Waals surface area contributed by atoms with Crippen molar-refractivity contribution >= 4 is 46.4 Å². The molecule has 1 aromatic rings. The molecule has 0 spiro atoms. The van der Waals surface area contributed by atoms with E-state index in [1.54, 1.807) is 13.0 Å². The highest BCUT2D eigenvalue weighted by atomic mass is 35.5. The molecule has 10 heteroatoms. The number of aliphatic imine (C=N–C) groups is 2. The number of hydrogen-bond acceptors (Lipinski definition) is 4. The monoisotopic (exact) mass is 363 g/mol. The van der Waals surface area contributed by atoms with Crippen molar-refractivity contribution in [1.29, 1.82) is 0 Å². The molecular formula is C13H10Cl2F3N5. The van der Waals surface area contributed by atoms with Crippen LogP contribution in [0, 0.1) is 0 Å². The first kappa shape index (κ1) is 16.1. The smallest absolute Gasteiger partial charge is 0.368 e. The summed E-state index contributed by atoms with van der Waals surface area (Å²) in [5.41, 5.74) is 4.00. The van der Waals surface area contributed by atoms with Gasteiger partial charge in [0.1, 0.15) is 11.3 Å². The van der Waals surface area contributed by atoms with Gasteiger partial charge < -0.3 is 5.73 Å². The van der Waals surface area contributed by atoms with Crippen LogP contribution in [0.5, 0.6) is 0 Å². The fourth-order valence-electron chi connectivity index (χ4n) is 2.40. The van der Waals surface area contributed by atoms with Crippen LogP contribution in [0.25, 0.3) is 0 Å². The third kappa shape index (κ3) is 2.66. The van der Waals surface area contributed by atoms with E-state index >= 15 is 0 Å². The van der Waals surface area contributed by atoms with Gasteiger partial charge in [-0.05, 0) is 25.1 Å². The Morgan fingerprint density at radius 2 is 2.00 bits per heavy atom. The molecule has 0 radical (unpaired) electrons. The van der Waals surface area contributed by atoms with Gasteiger partial charge in [0.2, 0.25) is 5.96 Å². The summed E-state index contributed by atoms with van der Waals surface area (Å²) in [6, 6.07) is 4.62. The minimum Gasteiger partial charge on any atom is -0.368 e. The fraction of sp³-hybridized carbons (Fsp3) is 0.308. The molecule has 1 atom stereocenters. The van der Waals surface area contributed by atoms with Gasteiger partial charge >= 0.3 is 6.18 Å². The molecule has 0 saturated carbocycles. The number of alkyl halides is 3. The second kappa shape index (κ2) is 5.10. The highest BCUT2D eigenvalue weighted by Gasteiger charge is 2.55. The zero-order valence-electron chi connectivity index (χ0n) is 11.7. The highest BCUT2D eigenvalue weighted by molar-refractivity contribution is 6.42. The van der Waals surface area contributed by atoms with Gasteiger partial charge in [0.25, 0.3) is 0 Å². The first-order valence-corrected chi connectivity index (χ1v) is 7.20. The lowest BCUT2D eigenvalue weighted by Gasteiger charge is -2.25. The van der Waals surface area contributed by atoms with Crippen LogP contribution in [-0.2, 0) is 0 Å². The number of fused-ring (bicyclic) bond motifs is 1. The molecule has 0 fully saturated rings. The molecule has 2 heterocycles. The highest BCUT2D eigenvalue weighted by Crippen LogP contribution is 2.39. The Kier molecular flexibility index (Phi) is 3.57. The van der Waals surface area contributed by atoms with Gasteiger partial charge in [0.15, 0.2) is 5.84 Å². The van der Waals surface area contributed by atoms with Gasteiger partial charge in [0, 0.05) is 6.42 Å². The Bertz CT molecular complexity index is 771. The van der Waals surface area contributed by atoms with Crippen LogP contribution in [0.3, 0.4) is 0 Å². The quantitative estimate of drug-likeness (QED) is 0.825. The molecule has 0 amide bonds. The van der Waals surface area contributed by atoms with Crippen molar-refractivity contribution in [3.8, 4) is 0 Å². The lowest BCUT2D eigenvalue weighted by Crippen LogP contribution is -2.45. The van der Waals surface area contributed by atoms with E-state index in [0.717, 1.165) is 5.01 Å². The minimum atomic E-state index is -4.53. The van der Waals surface area contributed by atoms with E-state index in [4.69, 9.17) is 28.9 Å². The van der Waals surface area contributed by atoms with Crippen LogP contribution in [0.4, 0.5) is 18.9 Å². The SMILES string of the molecule is CC12CC(C(F)(F)F)=NN1C(N)=N/C2=N/c1ccc(Cl)c(Cl)c1. The maximum absolute atomic E-state index is 12.9. The molecule has 2 N–H and O–H groups in total. The average Bonchev–Trinajstić information content (AvgIpc) is 2.90. The van der Waals surface area contributed by atoms with Gasteiger partial charge in [-0.2, -0.15) is 23.3 Å². The van der Waals surface area contributed by atoms with Crippen molar-refractivity contribution in [2.24, 2.45) is 20.8 Å². The number of hydrazone groups is 1. The predicted octanol–water partition coefficient (Wildman–Crippen LogP) is 3.73. The molecule has 5 nitrogen and oxygen atoms in total. The number of guanidine groups is 1. The second-order valence-electron chi connectivity index (χ2n) is 5.31. The Hall–Kier alpha value is -1.80. The van der Waals surface area contributed by atoms with Gasteiger partial charge in [-0.1, -0.05) is 23.2 Å². The molecule has 0 aliphatic carbocycles. The molecular weight excluding hydrogens is 354 g/mol. The summed E-state index contributed by atoms with van der Waals surface area (Å²) < 4.78 is 38.7. The van der Waals surface area contributed by atoms with Crippen LogP contribution >= 0.6 is 23.2 Å².